The number of rotatable bonds is 5. The van der Waals surface area contributed by atoms with Crippen molar-refractivity contribution in [3.8, 4) is 0 Å². The van der Waals surface area contributed by atoms with Crippen LogP contribution in [0.3, 0.4) is 0 Å². The Morgan fingerprint density at radius 3 is 2.79 bits per heavy atom. The topological polar surface area (TPSA) is 104 Å². The largest absolute Gasteiger partial charge is 0.481 e. The van der Waals surface area contributed by atoms with E-state index in [1.165, 1.54) is 4.90 Å². The van der Waals surface area contributed by atoms with Crippen LogP contribution in [0.25, 0.3) is 0 Å². The van der Waals surface area contributed by atoms with Crippen molar-refractivity contribution < 1.29 is 24.3 Å². The quantitative estimate of drug-likeness (QED) is 0.779. The predicted octanol–water partition coefficient (Wildman–Crippen LogP) is 0.855. The lowest BCUT2D eigenvalue weighted by Gasteiger charge is -2.29. The molecule has 1 aromatic rings. The maximum Gasteiger partial charge on any atom is 0.303 e. The molecule has 126 valence electrons. The van der Waals surface area contributed by atoms with Gasteiger partial charge in [-0.15, -0.1) is 0 Å². The molecule has 1 unspecified atom stereocenters. The zero-order valence-corrected chi connectivity index (χ0v) is 13.1. The number of imide groups is 1. The number of carboxylic acid groups (broad SMARTS) is 1. The maximum atomic E-state index is 12.6. The molecule has 2 aliphatic heterocycles. The van der Waals surface area contributed by atoms with Gasteiger partial charge < -0.3 is 10.0 Å². The molecule has 7 heteroatoms. The van der Waals surface area contributed by atoms with Gasteiger partial charge in [0.15, 0.2) is 0 Å². The number of carbonyl (C=O) groups is 4. The van der Waals surface area contributed by atoms with E-state index in [0.29, 0.717) is 31.4 Å². The third kappa shape index (κ3) is 3.15. The van der Waals surface area contributed by atoms with Crippen molar-refractivity contribution in [2.24, 2.45) is 0 Å². The molecule has 24 heavy (non-hydrogen) atoms. The van der Waals surface area contributed by atoms with E-state index in [4.69, 9.17) is 5.11 Å². The van der Waals surface area contributed by atoms with Gasteiger partial charge in [-0.3, -0.25) is 24.5 Å². The highest BCUT2D eigenvalue weighted by Gasteiger charge is 2.38. The highest BCUT2D eigenvalue weighted by molar-refractivity contribution is 6.05. The SMILES string of the molecule is O=C(O)CCCc1ccc2c(c1)C(=O)N(C1CCC(=O)NC1=O)C2. The minimum Gasteiger partial charge on any atom is -0.481 e. The fourth-order valence-electron chi connectivity index (χ4n) is 3.20. The molecule has 1 fully saturated rings. The van der Waals surface area contributed by atoms with Gasteiger partial charge in [-0.1, -0.05) is 12.1 Å². The highest BCUT2D eigenvalue weighted by Crippen LogP contribution is 2.28. The molecule has 7 nitrogen and oxygen atoms in total. The van der Waals surface area contributed by atoms with Gasteiger partial charge in [-0.05, 0) is 36.5 Å². The zero-order chi connectivity index (χ0) is 17.3. The molecule has 1 saturated heterocycles. The maximum absolute atomic E-state index is 12.6. The first kappa shape index (κ1) is 16.2. The molecule has 0 bridgehead atoms. The second-order valence-electron chi connectivity index (χ2n) is 6.14. The summed E-state index contributed by atoms with van der Waals surface area (Å²) in [6.45, 7) is 0.357. The second kappa shape index (κ2) is 6.43. The Kier molecular flexibility index (Phi) is 4.33. The fourth-order valence-corrected chi connectivity index (χ4v) is 3.20. The average Bonchev–Trinajstić information content (AvgIpc) is 2.84. The number of carboxylic acids is 1. The monoisotopic (exact) mass is 330 g/mol. The molecule has 2 aliphatic rings. The standard InChI is InChI=1S/C17H18N2O5/c20-14-7-6-13(16(23)18-14)19-9-11-5-4-10(2-1-3-15(21)22)8-12(11)17(19)24/h4-5,8,13H,1-3,6-7,9H2,(H,21,22)(H,18,20,23). The molecule has 0 saturated carbocycles. The van der Waals surface area contributed by atoms with Crippen molar-refractivity contribution in [2.45, 2.75) is 44.7 Å². The molecule has 1 atom stereocenters. The van der Waals surface area contributed by atoms with Crippen LogP contribution in [0.2, 0.25) is 0 Å². The van der Waals surface area contributed by atoms with Crippen molar-refractivity contribution in [3.05, 3.63) is 34.9 Å². The summed E-state index contributed by atoms with van der Waals surface area (Å²) < 4.78 is 0. The molecule has 0 aliphatic carbocycles. The van der Waals surface area contributed by atoms with Crippen LogP contribution in [0.15, 0.2) is 18.2 Å². The van der Waals surface area contributed by atoms with Crippen LogP contribution < -0.4 is 5.32 Å². The molecule has 2 N–H and O–H groups in total. The molecule has 3 rings (SSSR count). The van der Waals surface area contributed by atoms with Gasteiger partial charge in [0.25, 0.3) is 5.91 Å². The smallest absolute Gasteiger partial charge is 0.303 e. The third-order valence-corrected chi connectivity index (χ3v) is 4.45. The van der Waals surface area contributed by atoms with Crippen LogP contribution in [0.5, 0.6) is 0 Å². The van der Waals surface area contributed by atoms with E-state index in [-0.39, 0.29) is 24.7 Å². The Balaban J connectivity index is 1.72. The van der Waals surface area contributed by atoms with E-state index < -0.39 is 17.9 Å². The Bertz CT molecular complexity index is 728. The van der Waals surface area contributed by atoms with Gasteiger partial charge in [0.2, 0.25) is 11.8 Å². The molecule has 2 heterocycles. The van der Waals surface area contributed by atoms with Crippen molar-refractivity contribution >= 4 is 23.7 Å². The van der Waals surface area contributed by atoms with E-state index in [0.717, 1.165) is 11.1 Å². The Morgan fingerprint density at radius 1 is 1.29 bits per heavy atom. The number of benzene rings is 1. The number of aliphatic carboxylic acids is 1. The Hall–Kier alpha value is -2.70. The Morgan fingerprint density at radius 2 is 2.08 bits per heavy atom. The zero-order valence-electron chi connectivity index (χ0n) is 13.1. The van der Waals surface area contributed by atoms with E-state index in [1.807, 2.05) is 12.1 Å². The lowest BCUT2D eigenvalue weighted by atomic mass is 10.0. The number of fused-ring (bicyclic) bond motifs is 1. The number of amides is 3. The van der Waals surface area contributed by atoms with Crippen LogP contribution in [0.4, 0.5) is 0 Å². The lowest BCUT2D eigenvalue weighted by Crippen LogP contribution is -2.52. The van der Waals surface area contributed by atoms with Gasteiger partial charge in [0, 0.05) is 24.9 Å². The summed E-state index contributed by atoms with van der Waals surface area (Å²) in [5, 5.41) is 11.0. The van der Waals surface area contributed by atoms with Crippen molar-refractivity contribution in [2.75, 3.05) is 0 Å². The summed E-state index contributed by atoms with van der Waals surface area (Å²) in [7, 11) is 0. The average molecular weight is 330 g/mol. The first-order valence-corrected chi connectivity index (χ1v) is 7.94. The number of aryl methyl sites for hydroxylation is 1. The first-order chi connectivity index (χ1) is 11.5. The summed E-state index contributed by atoms with van der Waals surface area (Å²) in [6, 6.07) is 4.92. The van der Waals surface area contributed by atoms with Crippen LogP contribution in [0.1, 0.15) is 47.2 Å². The van der Waals surface area contributed by atoms with E-state index >= 15 is 0 Å². The number of hydrogen-bond donors (Lipinski definition) is 2. The minimum absolute atomic E-state index is 0.0907. The fraction of sp³-hybridized carbons (Fsp3) is 0.412. The van der Waals surface area contributed by atoms with Crippen LogP contribution in [-0.4, -0.2) is 39.7 Å². The summed E-state index contributed by atoms with van der Waals surface area (Å²) in [5.74, 6) is -1.77. The number of hydrogen-bond acceptors (Lipinski definition) is 4. The second-order valence-corrected chi connectivity index (χ2v) is 6.14. The number of nitrogens with zero attached hydrogens (tertiary/aromatic N) is 1. The van der Waals surface area contributed by atoms with Gasteiger partial charge in [0.1, 0.15) is 6.04 Å². The van der Waals surface area contributed by atoms with Crippen LogP contribution in [-0.2, 0) is 27.3 Å². The lowest BCUT2D eigenvalue weighted by molar-refractivity contribution is -0.138. The van der Waals surface area contributed by atoms with E-state index in [1.54, 1.807) is 6.07 Å². The molecule has 0 radical (unpaired) electrons. The molecule has 3 amide bonds. The molecule has 0 spiro atoms. The van der Waals surface area contributed by atoms with Crippen molar-refractivity contribution in [1.29, 1.82) is 0 Å². The number of piperidine rings is 1. The van der Waals surface area contributed by atoms with Gasteiger partial charge in [-0.25, -0.2) is 0 Å². The summed E-state index contributed by atoms with van der Waals surface area (Å²) >= 11 is 0. The highest BCUT2D eigenvalue weighted by atomic mass is 16.4. The summed E-state index contributed by atoms with van der Waals surface area (Å²) in [4.78, 5) is 47.9. The number of carbonyl (C=O) groups excluding carboxylic acids is 3. The Labute approximate surface area is 138 Å². The van der Waals surface area contributed by atoms with Crippen LogP contribution in [0, 0.1) is 0 Å². The molecule has 0 aromatic heterocycles. The molecular weight excluding hydrogens is 312 g/mol. The summed E-state index contributed by atoms with van der Waals surface area (Å²) in [6.07, 6.45) is 1.77. The molecule has 1 aromatic carbocycles. The first-order valence-electron chi connectivity index (χ1n) is 7.94. The normalized spacial score (nSPS) is 20.1. The minimum atomic E-state index is -0.837. The molecular formula is C17H18N2O5. The van der Waals surface area contributed by atoms with Crippen LogP contribution >= 0.6 is 0 Å². The van der Waals surface area contributed by atoms with Crippen molar-refractivity contribution in [1.82, 2.24) is 10.2 Å². The van der Waals surface area contributed by atoms with Crippen molar-refractivity contribution in [3.63, 3.8) is 0 Å². The van der Waals surface area contributed by atoms with Gasteiger partial charge >= 0.3 is 5.97 Å². The van der Waals surface area contributed by atoms with Gasteiger partial charge in [-0.2, -0.15) is 0 Å². The van der Waals surface area contributed by atoms with Gasteiger partial charge in [0.05, 0.1) is 0 Å². The van der Waals surface area contributed by atoms with E-state index in [2.05, 4.69) is 5.32 Å². The van der Waals surface area contributed by atoms with E-state index in [9.17, 15) is 19.2 Å². The number of nitrogens with one attached hydrogen (secondary N) is 1. The predicted molar refractivity (Wildman–Crippen MR) is 83.1 cm³/mol. The third-order valence-electron chi connectivity index (χ3n) is 4.45. The summed E-state index contributed by atoms with van der Waals surface area (Å²) in [5.41, 5.74) is 2.33.